The molecule has 0 spiro atoms. The standard InChI is InChI=1S/C16H15N2O5P/c1-18-9-7-13-14(6-8-17-15(13)16(18)19)23-12-4-2-11(3-5-12)10-24(20,21)22/h2-9H,10H2,1H3,(H2,20,21,22). The highest BCUT2D eigenvalue weighted by molar-refractivity contribution is 7.50. The molecule has 24 heavy (non-hydrogen) atoms. The van der Waals surface area contributed by atoms with Crippen LogP contribution in [0.15, 0.2) is 53.6 Å². The van der Waals surface area contributed by atoms with Crippen LogP contribution in [-0.2, 0) is 17.8 Å². The van der Waals surface area contributed by atoms with Gasteiger partial charge in [-0.1, -0.05) is 12.1 Å². The third kappa shape index (κ3) is 3.54. The number of aryl methyl sites for hydroxylation is 1. The fourth-order valence-electron chi connectivity index (χ4n) is 2.32. The van der Waals surface area contributed by atoms with Gasteiger partial charge in [0.15, 0.2) is 0 Å². The monoisotopic (exact) mass is 346 g/mol. The van der Waals surface area contributed by atoms with Crippen LogP contribution in [0.25, 0.3) is 10.9 Å². The molecule has 0 aliphatic rings. The Hall–Kier alpha value is -2.47. The average molecular weight is 346 g/mol. The Balaban J connectivity index is 1.92. The van der Waals surface area contributed by atoms with Crippen LogP contribution in [0.5, 0.6) is 11.5 Å². The van der Waals surface area contributed by atoms with E-state index in [4.69, 9.17) is 14.5 Å². The van der Waals surface area contributed by atoms with E-state index in [1.165, 1.54) is 10.8 Å². The maximum Gasteiger partial charge on any atom is 0.329 e. The fraction of sp³-hybridized carbons (Fsp3) is 0.125. The minimum Gasteiger partial charge on any atom is -0.457 e. The van der Waals surface area contributed by atoms with Gasteiger partial charge in [0.05, 0.1) is 11.5 Å². The van der Waals surface area contributed by atoms with Gasteiger partial charge in [-0.05, 0) is 29.8 Å². The van der Waals surface area contributed by atoms with Gasteiger partial charge in [0.1, 0.15) is 17.0 Å². The molecule has 0 saturated heterocycles. The maximum absolute atomic E-state index is 12.1. The second kappa shape index (κ2) is 6.20. The highest BCUT2D eigenvalue weighted by Crippen LogP contribution is 2.39. The van der Waals surface area contributed by atoms with Crippen LogP contribution in [0.2, 0.25) is 0 Å². The lowest BCUT2D eigenvalue weighted by atomic mass is 10.2. The van der Waals surface area contributed by atoms with E-state index in [-0.39, 0.29) is 11.7 Å². The lowest BCUT2D eigenvalue weighted by Gasteiger charge is -2.10. The van der Waals surface area contributed by atoms with Gasteiger partial charge in [-0.2, -0.15) is 0 Å². The molecule has 1 aromatic carbocycles. The molecule has 0 unspecified atom stereocenters. The number of hydrogen-bond donors (Lipinski definition) is 2. The number of hydrogen-bond acceptors (Lipinski definition) is 4. The Morgan fingerprint density at radius 3 is 2.54 bits per heavy atom. The van der Waals surface area contributed by atoms with E-state index in [0.29, 0.717) is 28.0 Å². The largest absolute Gasteiger partial charge is 0.457 e. The van der Waals surface area contributed by atoms with Crippen molar-refractivity contribution in [1.29, 1.82) is 0 Å². The molecule has 2 N–H and O–H groups in total. The smallest absolute Gasteiger partial charge is 0.329 e. The molecule has 0 aliphatic heterocycles. The number of ether oxygens (including phenoxy) is 1. The van der Waals surface area contributed by atoms with Crippen molar-refractivity contribution in [1.82, 2.24) is 9.55 Å². The summed E-state index contributed by atoms with van der Waals surface area (Å²) in [6.45, 7) is 0. The van der Waals surface area contributed by atoms with Crippen LogP contribution in [-0.4, -0.2) is 19.3 Å². The normalized spacial score (nSPS) is 11.6. The summed E-state index contributed by atoms with van der Waals surface area (Å²) in [6, 6.07) is 9.84. The van der Waals surface area contributed by atoms with Gasteiger partial charge in [-0.15, -0.1) is 0 Å². The SMILES string of the molecule is Cn1ccc2c(Oc3ccc(CP(=O)(O)O)cc3)ccnc2c1=O. The van der Waals surface area contributed by atoms with E-state index >= 15 is 0 Å². The van der Waals surface area contributed by atoms with Crippen LogP contribution < -0.4 is 10.3 Å². The van der Waals surface area contributed by atoms with Crippen LogP contribution >= 0.6 is 7.60 Å². The van der Waals surface area contributed by atoms with E-state index < -0.39 is 7.60 Å². The second-order valence-corrected chi connectivity index (χ2v) is 7.02. The van der Waals surface area contributed by atoms with E-state index in [0.717, 1.165) is 0 Å². The molecule has 124 valence electrons. The van der Waals surface area contributed by atoms with Gasteiger partial charge < -0.3 is 19.1 Å². The Bertz CT molecular complexity index is 992. The second-order valence-electron chi connectivity index (χ2n) is 5.37. The molecule has 0 fully saturated rings. The molecule has 0 saturated carbocycles. The van der Waals surface area contributed by atoms with Gasteiger partial charge in [0.25, 0.3) is 5.56 Å². The van der Waals surface area contributed by atoms with Crippen molar-refractivity contribution in [3.8, 4) is 11.5 Å². The highest BCUT2D eigenvalue weighted by atomic mass is 31.2. The van der Waals surface area contributed by atoms with Crippen LogP contribution in [0.1, 0.15) is 5.56 Å². The first kappa shape index (κ1) is 16.4. The number of benzene rings is 1. The third-order valence-corrected chi connectivity index (χ3v) is 4.25. The molecule has 2 aromatic heterocycles. The molecule has 2 heterocycles. The van der Waals surface area contributed by atoms with Crippen LogP contribution in [0, 0.1) is 0 Å². The summed E-state index contributed by atoms with van der Waals surface area (Å²) in [4.78, 5) is 34.1. The molecular weight excluding hydrogens is 331 g/mol. The first-order chi connectivity index (χ1) is 11.3. The third-order valence-electron chi connectivity index (χ3n) is 3.48. The molecular formula is C16H15N2O5P. The zero-order valence-electron chi connectivity index (χ0n) is 12.8. The van der Waals surface area contributed by atoms with E-state index in [2.05, 4.69) is 4.98 Å². The van der Waals surface area contributed by atoms with Crippen molar-refractivity contribution in [2.24, 2.45) is 7.05 Å². The minimum absolute atomic E-state index is 0.213. The summed E-state index contributed by atoms with van der Waals surface area (Å²) in [7, 11) is -2.45. The Labute approximate surface area is 137 Å². The number of rotatable bonds is 4. The van der Waals surface area contributed by atoms with E-state index in [1.54, 1.807) is 49.6 Å². The van der Waals surface area contributed by atoms with Gasteiger partial charge in [-0.3, -0.25) is 14.3 Å². The van der Waals surface area contributed by atoms with Crippen LogP contribution in [0.3, 0.4) is 0 Å². The molecule has 7 nitrogen and oxygen atoms in total. The summed E-state index contributed by atoms with van der Waals surface area (Å²) >= 11 is 0. The predicted molar refractivity (Wildman–Crippen MR) is 89.2 cm³/mol. The minimum atomic E-state index is -4.10. The molecule has 8 heteroatoms. The van der Waals surface area contributed by atoms with Crippen molar-refractivity contribution in [3.63, 3.8) is 0 Å². The number of pyridine rings is 2. The first-order valence-electron chi connectivity index (χ1n) is 7.09. The Morgan fingerprint density at radius 1 is 1.17 bits per heavy atom. The first-order valence-corrected chi connectivity index (χ1v) is 8.89. The van der Waals surface area contributed by atoms with Gasteiger partial charge in [0, 0.05) is 19.4 Å². The molecule has 3 aromatic rings. The van der Waals surface area contributed by atoms with Crippen molar-refractivity contribution in [2.45, 2.75) is 6.16 Å². The maximum atomic E-state index is 12.1. The summed E-state index contributed by atoms with van der Waals surface area (Å²) in [5.41, 5.74) is 0.620. The van der Waals surface area contributed by atoms with Gasteiger partial charge in [0.2, 0.25) is 0 Å². The number of aromatic nitrogens is 2. The quantitative estimate of drug-likeness (QED) is 0.704. The molecule has 0 amide bonds. The summed E-state index contributed by atoms with van der Waals surface area (Å²) in [6.07, 6.45) is 2.82. The number of nitrogens with zero attached hydrogens (tertiary/aromatic N) is 2. The predicted octanol–water partition coefficient (Wildman–Crippen LogP) is 2.40. The van der Waals surface area contributed by atoms with Crippen molar-refractivity contribution in [2.75, 3.05) is 0 Å². The van der Waals surface area contributed by atoms with Crippen molar-refractivity contribution >= 4 is 18.5 Å². The lowest BCUT2D eigenvalue weighted by molar-refractivity contribution is 0.371. The summed E-state index contributed by atoms with van der Waals surface area (Å²) in [5, 5.41) is 0.597. The van der Waals surface area contributed by atoms with Crippen molar-refractivity contribution in [3.05, 3.63) is 64.7 Å². The topological polar surface area (TPSA) is 102 Å². The molecule has 0 bridgehead atoms. The van der Waals surface area contributed by atoms with Gasteiger partial charge in [-0.25, -0.2) is 0 Å². The fourth-order valence-corrected chi connectivity index (χ4v) is 3.01. The molecule has 0 radical (unpaired) electrons. The van der Waals surface area contributed by atoms with Crippen molar-refractivity contribution < 1.29 is 19.1 Å². The Morgan fingerprint density at radius 2 is 1.88 bits per heavy atom. The van der Waals surface area contributed by atoms with E-state index in [1.807, 2.05) is 0 Å². The highest BCUT2D eigenvalue weighted by Gasteiger charge is 2.14. The zero-order valence-corrected chi connectivity index (χ0v) is 13.7. The average Bonchev–Trinajstić information content (AvgIpc) is 2.52. The van der Waals surface area contributed by atoms with E-state index in [9.17, 15) is 9.36 Å². The summed E-state index contributed by atoms with van der Waals surface area (Å²) in [5.74, 6) is 0.984. The zero-order chi connectivity index (χ0) is 17.3. The van der Waals surface area contributed by atoms with Gasteiger partial charge >= 0.3 is 7.60 Å². The molecule has 0 atom stereocenters. The number of fused-ring (bicyclic) bond motifs is 1. The molecule has 3 rings (SSSR count). The lowest BCUT2D eigenvalue weighted by Crippen LogP contribution is -2.16. The molecule has 0 aliphatic carbocycles. The Kier molecular flexibility index (Phi) is 4.24. The summed E-state index contributed by atoms with van der Waals surface area (Å²) < 4.78 is 18.2. The van der Waals surface area contributed by atoms with Crippen LogP contribution in [0.4, 0.5) is 0 Å².